The van der Waals surface area contributed by atoms with Crippen LogP contribution in [0.15, 0.2) is 36.4 Å². The molecule has 15 heavy (non-hydrogen) atoms. The van der Waals surface area contributed by atoms with Crippen LogP contribution in [0.1, 0.15) is 25.3 Å². The zero-order chi connectivity index (χ0) is 10.8. The average molecular weight is 220 g/mol. The zero-order valence-electron chi connectivity index (χ0n) is 9.49. The van der Waals surface area contributed by atoms with Crippen molar-refractivity contribution in [3.63, 3.8) is 0 Å². The van der Waals surface area contributed by atoms with Crippen LogP contribution in [0.5, 0.6) is 0 Å². The summed E-state index contributed by atoms with van der Waals surface area (Å²) in [6, 6.07) is 11.7. The molecule has 0 bridgehead atoms. The van der Waals surface area contributed by atoms with Crippen LogP contribution < -0.4 is 0 Å². The van der Waals surface area contributed by atoms with E-state index >= 15 is 0 Å². The van der Waals surface area contributed by atoms with Crippen LogP contribution in [-0.2, 0) is 4.43 Å². The minimum Gasteiger partial charge on any atom is -0.424 e. The third-order valence-electron chi connectivity index (χ3n) is 2.18. The molecule has 1 nitrogen and oxygen atoms in total. The van der Waals surface area contributed by atoms with Gasteiger partial charge < -0.3 is 4.43 Å². The van der Waals surface area contributed by atoms with Gasteiger partial charge in [-0.25, -0.2) is 0 Å². The van der Waals surface area contributed by atoms with E-state index in [4.69, 9.17) is 4.43 Å². The number of rotatable bonds is 7. The van der Waals surface area contributed by atoms with Crippen molar-refractivity contribution in [3.8, 4) is 0 Å². The summed E-state index contributed by atoms with van der Waals surface area (Å²) in [4.78, 5) is 0. The molecule has 2 heteroatoms. The van der Waals surface area contributed by atoms with E-state index in [1.807, 2.05) is 6.07 Å². The van der Waals surface area contributed by atoms with E-state index in [-0.39, 0.29) is 9.76 Å². The summed E-state index contributed by atoms with van der Waals surface area (Å²) in [5.74, 6) is 0. The van der Waals surface area contributed by atoms with Crippen LogP contribution in [-0.4, -0.2) is 16.4 Å². The maximum absolute atomic E-state index is 5.60. The van der Waals surface area contributed by atoms with Crippen molar-refractivity contribution in [1.82, 2.24) is 0 Å². The fourth-order valence-corrected chi connectivity index (χ4v) is 2.15. The topological polar surface area (TPSA) is 9.23 Å². The minimum absolute atomic E-state index is 0.213. The lowest BCUT2D eigenvalue weighted by molar-refractivity contribution is 0.343. The van der Waals surface area contributed by atoms with Crippen LogP contribution >= 0.6 is 0 Å². The summed E-state index contributed by atoms with van der Waals surface area (Å²) in [7, 11) is -0.213. The quantitative estimate of drug-likeness (QED) is 0.507. The van der Waals surface area contributed by atoms with E-state index in [0.717, 1.165) is 13.0 Å². The van der Waals surface area contributed by atoms with E-state index < -0.39 is 0 Å². The van der Waals surface area contributed by atoms with Crippen molar-refractivity contribution in [2.75, 3.05) is 6.61 Å². The van der Waals surface area contributed by atoms with Gasteiger partial charge in [0.25, 0.3) is 0 Å². The molecule has 0 aromatic heterocycles. The maximum atomic E-state index is 5.60. The fraction of sp³-hybridized carbons (Fsp3) is 0.385. The first-order valence-electron chi connectivity index (χ1n) is 5.73. The Morgan fingerprint density at radius 1 is 1.27 bits per heavy atom. The van der Waals surface area contributed by atoms with Gasteiger partial charge in [0, 0.05) is 6.61 Å². The van der Waals surface area contributed by atoms with Crippen molar-refractivity contribution in [2.24, 2.45) is 0 Å². The lowest BCUT2D eigenvalue weighted by Crippen LogP contribution is -1.98. The Balaban J connectivity index is 2.07. The maximum Gasteiger partial charge on any atom is 0.161 e. The first-order chi connectivity index (χ1) is 7.43. The van der Waals surface area contributed by atoms with Crippen molar-refractivity contribution in [3.05, 3.63) is 42.0 Å². The summed E-state index contributed by atoms with van der Waals surface area (Å²) < 4.78 is 5.60. The highest BCUT2D eigenvalue weighted by atomic mass is 28.2. The molecule has 0 fully saturated rings. The van der Waals surface area contributed by atoms with Gasteiger partial charge in [0.1, 0.15) is 0 Å². The highest BCUT2D eigenvalue weighted by Crippen LogP contribution is 2.01. The highest BCUT2D eigenvalue weighted by molar-refractivity contribution is 6.26. The van der Waals surface area contributed by atoms with Gasteiger partial charge >= 0.3 is 0 Å². The molecule has 0 atom stereocenters. The molecule has 0 heterocycles. The van der Waals surface area contributed by atoms with Gasteiger partial charge in [0.05, 0.1) is 0 Å². The van der Waals surface area contributed by atoms with Crippen molar-refractivity contribution < 1.29 is 4.43 Å². The summed E-state index contributed by atoms with van der Waals surface area (Å²) in [5, 5.41) is 0. The van der Waals surface area contributed by atoms with Gasteiger partial charge in [-0.05, 0) is 18.0 Å². The van der Waals surface area contributed by atoms with Crippen LogP contribution in [0.4, 0.5) is 0 Å². The summed E-state index contributed by atoms with van der Waals surface area (Å²) in [5.41, 5.74) is 1.27. The molecule has 0 amide bonds. The molecule has 82 valence electrons. The van der Waals surface area contributed by atoms with Crippen molar-refractivity contribution in [1.29, 1.82) is 0 Å². The summed E-state index contributed by atoms with van der Waals surface area (Å²) in [6.07, 6.45) is 6.65. The Morgan fingerprint density at radius 2 is 2.07 bits per heavy atom. The average Bonchev–Trinajstić information content (AvgIpc) is 2.29. The molecule has 0 saturated carbocycles. The first kappa shape index (κ1) is 12.2. The lowest BCUT2D eigenvalue weighted by Gasteiger charge is -1.99. The van der Waals surface area contributed by atoms with Crippen LogP contribution in [0.25, 0.3) is 6.08 Å². The monoisotopic (exact) mass is 220 g/mol. The van der Waals surface area contributed by atoms with E-state index in [1.54, 1.807) is 0 Å². The minimum atomic E-state index is -0.213. The van der Waals surface area contributed by atoms with E-state index in [2.05, 4.69) is 43.3 Å². The van der Waals surface area contributed by atoms with Crippen molar-refractivity contribution in [2.45, 2.75) is 25.8 Å². The highest BCUT2D eigenvalue weighted by Gasteiger charge is 1.86. The number of hydrogen-bond acceptors (Lipinski definition) is 1. The smallest absolute Gasteiger partial charge is 0.161 e. The van der Waals surface area contributed by atoms with Crippen molar-refractivity contribution >= 4 is 15.8 Å². The number of benzene rings is 1. The Hall–Kier alpha value is -0.863. The van der Waals surface area contributed by atoms with Gasteiger partial charge in [-0.1, -0.05) is 55.8 Å². The molecule has 1 rings (SSSR count). The molecular weight excluding hydrogens is 200 g/mol. The van der Waals surface area contributed by atoms with Crippen LogP contribution in [0.2, 0.25) is 6.04 Å². The largest absolute Gasteiger partial charge is 0.424 e. The normalized spacial score (nSPS) is 11.8. The Labute approximate surface area is 95.1 Å². The first-order valence-corrected chi connectivity index (χ1v) is 7.30. The van der Waals surface area contributed by atoms with Crippen LogP contribution in [0.3, 0.4) is 0 Å². The van der Waals surface area contributed by atoms with Gasteiger partial charge in [-0.15, -0.1) is 0 Å². The molecule has 0 aliphatic carbocycles. The second-order valence-electron chi connectivity index (χ2n) is 3.57. The molecule has 0 aliphatic heterocycles. The third kappa shape index (κ3) is 6.26. The van der Waals surface area contributed by atoms with E-state index in [1.165, 1.54) is 18.0 Å². The van der Waals surface area contributed by atoms with Gasteiger partial charge in [-0.2, -0.15) is 0 Å². The van der Waals surface area contributed by atoms with Crippen LogP contribution in [0, 0.1) is 0 Å². The second-order valence-corrected chi connectivity index (χ2v) is 5.09. The van der Waals surface area contributed by atoms with Gasteiger partial charge in [0.2, 0.25) is 0 Å². The summed E-state index contributed by atoms with van der Waals surface area (Å²) >= 11 is 0. The zero-order valence-corrected chi connectivity index (χ0v) is 10.9. The SMILES string of the molecule is CCC[SiH2]OCCC=Cc1ccccc1. The molecule has 0 unspecified atom stereocenters. The molecule has 1 aromatic rings. The molecule has 0 radical (unpaired) electrons. The molecular formula is C13H20OSi. The molecule has 0 spiro atoms. The Morgan fingerprint density at radius 3 is 2.80 bits per heavy atom. The second kappa shape index (κ2) is 8.45. The van der Waals surface area contributed by atoms with Gasteiger partial charge in [0.15, 0.2) is 9.76 Å². The number of hydrogen-bond donors (Lipinski definition) is 0. The van der Waals surface area contributed by atoms with E-state index in [0.29, 0.717) is 0 Å². The Kier molecular flexibility index (Phi) is 6.87. The molecule has 1 aromatic carbocycles. The molecule has 0 N–H and O–H groups in total. The molecule has 0 saturated heterocycles. The Bertz CT molecular complexity index is 269. The van der Waals surface area contributed by atoms with Gasteiger partial charge in [-0.3, -0.25) is 0 Å². The van der Waals surface area contributed by atoms with E-state index in [9.17, 15) is 0 Å². The standard InChI is InChI=1S/C13H20OSi/c1-2-12-15-14-11-7-6-10-13-8-4-3-5-9-13/h3-6,8-10H,2,7,11-12,15H2,1H3. The lowest BCUT2D eigenvalue weighted by atomic mass is 10.2. The molecule has 0 aliphatic rings. The predicted molar refractivity (Wildman–Crippen MR) is 69.7 cm³/mol. The predicted octanol–water partition coefficient (Wildman–Crippen LogP) is 3.02. The summed E-state index contributed by atoms with van der Waals surface area (Å²) in [6.45, 7) is 3.11. The third-order valence-corrected chi connectivity index (χ3v) is 3.75. The fourth-order valence-electron chi connectivity index (χ4n) is 1.28.